The number of benzene rings is 2. The molecule has 22 heavy (non-hydrogen) atoms. The molecule has 0 atom stereocenters. The summed E-state index contributed by atoms with van der Waals surface area (Å²) in [5.41, 5.74) is 3.39. The molecule has 0 saturated heterocycles. The SMILES string of the molecule is Cc1ccc(CNCC(=O)NCCc2ccc(F)cc2)cc1. The van der Waals surface area contributed by atoms with E-state index in [1.165, 1.54) is 17.7 Å². The third-order valence-corrected chi connectivity index (χ3v) is 3.38. The second kappa shape index (κ2) is 8.29. The van der Waals surface area contributed by atoms with Gasteiger partial charge in [0.15, 0.2) is 0 Å². The largest absolute Gasteiger partial charge is 0.355 e. The Morgan fingerprint density at radius 2 is 1.64 bits per heavy atom. The number of halogens is 1. The Morgan fingerprint density at radius 3 is 2.32 bits per heavy atom. The van der Waals surface area contributed by atoms with Crippen LogP contribution in [0.15, 0.2) is 48.5 Å². The van der Waals surface area contributed by atoms with E-state index in [1.54, 1.807) is 12.1 Å². The van der Waals surface area contributed by atoms with Gasteiger partial charge in [0.1, 0.15) is 5.82 Å². The van der Waals surface area contributed by atoms with Crippen molar-refractivity contribution in [3.63, 3.8) is 0 Å². The van der Waals surface area contributed by atoms with Gasteiger partial charge in [0.2, 0.25) is 5.91 Å². The second-order valence-electron chi connectivity index (χ2n) is 5.32. The average Bonchev–Trinajstić information content (AvgIpc) is 2.51. The van der Waals surface area contributed by atoms with Gasteiger partial charge in [-0.2, -0.15) is 0 Å². The average molecular weight is 300 g/mol. The van der Waals surface area contributed by atoms with Gasteiger partial charge in [0.25, 0.3) is 0 Å². The highest BCUT2D eigenvalue weighted by atomic mass is 19.1. The van der Waals surface area contributed by atoms with Crippen molar-refractivity contribution in [3.05, 3.63) is 71.0 Å². The number of nitrogens with one attached hydrogen (secondary N) is 2. The van der Waals surface area contributed by atoms with Gasteiger partial charge in [-0.1, -0.05) is 42.0 Å². The van der Waals surface area contributed by atoms with Crippen LogP contribution in [0.2, 0.25) is 0 Å². The molecule has 0 heterocycles. The molecule has 0 radical (unpaired) electrons. The van der Waals surface area contributed by atoms with E-state index < -0.39 is 0 Å². The Labute approximate surface area is 130 Å². The molecule has 0 aliphatic rings. The van der Waals surface area contributed by atoms with E-state index in [2.05, 4.69) is 34.9 Å². The van der Waals surface area contributed by atoms with Gasteiger partial charge in [0, 0.05) is 13.1 Å². The Bertz CT molecular complexity index is 540. The first-order valence-electron chi connectivity index (χ1n) is 7.41. The fourth-order valence-corrected chi connectivity index (χ4v) is 2.09. The summed E-state index contributed by atoms with van der Waals surface area (Å²) in [6, 6.07) is 14.5. The van der Waals surface area contributed by atoms with Gasteiger partial charge in [-0.3, -0.25) is 4.79 Å². The first-order chi connectivity index (χ1) is 10.6. The van der Waals surface area contributed by atoms with Gasteiger partial charge in [-0.15, -0.1) is 0 Å². The highest BCUT2D eigenvalue weighted by Crippen LogP contribution is 2.03. The summed E-state index contributed by atoms with van der Waals surface area (Å²) in [6.07, 6.45) is 0.698. The fraction of sp³-hybridized carbons (Fsp3) is 0.278. The fourth-order valence-electron chi connectivity index (χ4n) is 2.09. The molecule has 116 valence electrons. The van der Waals surface area contributed by atoms with E-state index in [-0.39, 0.29) is 18.3 Å². The van der Waals surface area contributed by atoms with E-state index in [1.807, 2.05) is 6.92 Å². The third-order valence-electron chi connectivity index (χ3n) is 3.38. The van der Waals surface area contributed by atoms with Crippen LogP contribution in [0, 0.1) is 12.7 Å². The molecular formula is C18H21FN2O. The number of amides is 1. The molecule has 0 bridgehead atoms. The van der Waals surface area contributed by atoms with Gasteiger partial charge >= 0.3 is 0 Å². The van der Waals surface area contributed by atoms with E-state index in [0.29, 0.717) is 19.5 Å². The molecule has 0 aliphatic carbocycles. The van der Waals surface area contributed by atoms with Crippen molar-refractivity contribution in [2.24, 2.45) is 0 Å². The van der Waals surface area contributed by atoms with Gasteiger partial charge in [0.05, 0.1) is 6.54 Å². The normalized spacial score (nSPS) is 10.5. The minimum Gasteiger partial charge on any atom is -0.355 e. The van der Waals surface area contributed by atoms with Crippen LogP contribution in [0.4, 0.5) is 4.39 Å². The van der Waals surface area contributed by atoms with Crippen molar-refractivity contribution in [2.45, 2.75) is 19.9 Å². The van der Waals surface area contributed by atoms with Gasteiger partial charge < -0.3 is 10.6 Å². The van der Waals surface area contributed by atoms with Crippen LogP contribution in [0.3, 0.4) is 0 Å². The molecule has 2 rings (SSSR count). The lowest BCUT2D eigenvalue weighted by atomic mass is 10.1. The lowest BCUT2D eigenvalue weighted by Gasteiger charge is -2.07. The van der Waals surface area contributed by atoms with Crippen molar-refractivity contribution in [3.8, 4) is 0 Å². The summed E-state index contributed by atoms with van der Waals surface area (Å²) in [5.74, 6) is -0.276. The summed E-state index contributed by atoms with van der Waals surface area (Å²) in [7, 11) is 0. The van der Waals surface area contributed by atoms with Crippen LogP contribution < -0.4 is 10.6 Å². The van der Waals surface area contributed by atoms with Crippen LogP contribution in [0.5, 0.6) is 0 Å². The maximum Gasteiger partial charge on any atom is 0.233 e. The van der Waals surface area contributed by atoms with E-state index in [9.17, 15) is 9.18 Å². The quantitative estimate of drug-likeness (QED) is 0.825. The predicted octanol–water partition coefficient (Wildman–Crippen LogP) is 2.58. The minimum atomic E-state index is -0.243. The lowest BCUT2D eigenvalue weighted by molar-refractivity contribution is -0.120. The zero-order chi connectivity index (χ0) is 15.8. The molecule has 1 amide bonds. The van der Waals surface area contributed by atoms with Gasteiger partial charge in [-0.25, -0.2) is 4.39 Å². The standard InChI is InChI=1S/C18H21FN2O/c1-14-2-4-16(5-3-14)12-20-13-18(22)21-11-10-15-6-8-17(19)9-7-15/h2-9,20H,10-13H2,1H3,(H,21,22). The molecule has 0 aliphatic heterocycles. The number of carbonyl (C=O) groups excluding carboxylic acids is 1. The van der Waals surface area contributed by atoms with Crippen LogP contribution in [-0.2, 0) is 17.8 Å². The molecule has 0 spiro atoms. The van der Waals surface area contributed by atoms with Gasteiger partial charge in [-0.05, 0) is 36.6 Å². The van der Waals surface area contributed by atoms with Crippen molar-refractivity contribution in [1.82, 2.24) is 10.6 Å². The molecule has 0 saturated carbocycles. The Balaban J connectivity index is 1.61. The molecule has 2 aromatic rings. The topological polar surface area (TPSA) is 41.1 Å². The highest BCUT2D eigenvalue weighted by molar-refractivity contribution is 5.77. The zero-order valence-corrected chi connectivity index (χ0v) is 12.7. The first kappa shape index (κ1) is 16.2. The second-order valence-corrected chi connectivity index (χ2v) is 5.32. The Morgan fingerprint density at radius 1 is 1.00 bits per heavy atom. The number of hydrogen-bond acceptors (Lipinski definition) is 2. The zero-order valence-electron chi connectivity index (χ0n) is 12.7. The summed E-state index contributed by atoms with van der Waals surface area (Å²) < 4.78 is 12.8. The van der Waals surface area contributed by atoms with Crippen molar-refractivity contribution < 1.29 is 9.18 Å². The molecule has 4 heteroatoms. The van der Waals surface area contributed by atoms with Crippen LogP contribution in [0.25, 0.3) is 0 Å². The highest BCUT2D eigenvalue weighted by Gasteiger charge is 2.01. The van der Waals surface area contributed by atoms with Crippen molar-refractivity contribution in [2.75, 3.05) is 13.1 Å². The van der Waals surface area contributed by atoms with E-state index in [0.717, 1.165) is 11.1 Å². The molecule has 0 unspecified atom stereocenters. The number of carbonyl (C=O) groups is 1. The molecule has 2 N–H and O–H groups in total. The molecule has 0 aromatic heterocycles. The smallest absolute Gasteiger partial charge is 0.233 e. The predicted molar refractivity (Wildman–Crippen MR) is 86.0 cm³/mol. The summed E-state index contributed by atoms with van der Waals surface area (Å²) in [4.78, 5) is 11.7. The lowest BCUT2D eigenvalue weighted by Crippen LogP contribution is -2.34. The minimum absolute atomic E-state index is 0.0331. The number of rotatable bonds is 7. The van der Waals surface area contributed by atoms with E-state index >= 15 is 0 Å². The number of aryl methyl sites for hydroxylation is 1. The summed E-state index contributed by atoms with van der Waals surface area (Å²) in [6.45, 7) is 3.56. The first-order valence-corrected chi connectivity index (χ1v) is 7.41. The third kappa shape index (κ3) is 5.66. The number of hydrogen-bond donors (Lipinski definition) is 2. The monoisotopic (exact) mass is 300 g/mol. The summed E-state index contributed by atoms with van der Waals surface area (Å²) in [5, 5.41) is 5.96. The molecule has 3 nitrogen and oxygen atoms in total. The summed E-state index contributed by atoms with van der Waals surface area (Å²) >= 11 is 0. The molecular weight excluding hydrogens is 279 g/mol. The molecule has 2 aromatic carbocycles. The maximum atomic E-state index is 12.8. The Hall–Kier alpha value is -2.20. The maximum absolute atomic E-state index is 12.8. The van der Waals surface area contributed by atoms with Crippen LogP contribution in [0.1, 0.15) is 16.7 Å². The van der Waals surface area contributed by atoms with Crippen molar-refractivity contribution in [1.29, 1.82) is 0 Å². The Kier molecular flexibility index (Phi) is 6.10. The van der Waals surface area contributed by atoms with E-state index in [4.69, 9.17) is 0 Å². The molecule has 0 fully saturated rings. The van der Waals surface area contributed by atoms with Crippen LogP contribution >= 0.6 is 0 Å². The van der Waals surface area contributed by atoms with Crippen LogP contribution in [-0.4, -0.2) is 19.0 Å². The van der Waals surface area contributed by atoms with Crippen molar-refractivity contribution >= 4 is 5.91 Å².